The first-order valence-electron chi connectivity index (χ1n) is 12.8. The first-order chi connectivity index (χ1) is 17.7. The smallest absolute Gasteiger partial charge is 0.412 e. The molecule has 0 radical (unpaired) electrons. The summed E-state index contributed by atoms with van der Waals surface area (Å²) in [4.78, 5) is 40.4. The number of ketones is 1. The normalized spacial score (nSPS) is 14.9. The van der Waals surface area contributed by atoms with E-state index in [-0.39, 0.29) is 18.1 Å². The number of rotatable bonds is 7. The lowest BCUT2D eigenvalue weighted by molar-refractivity contribution is -0.117. The molecule has 1 aliphatic carbocycles. The Balaban J connectivity index is 1.40. The zero-order valence-corrected chi connectivity index (χ0v) is 21.5. The Bertz CT molecular complexity index is 1350. The largest absolute Gasteiger partial charge is 0.444 e. The maximum absolute atomic E-state index is 13.4. The van der Waals surface area contributed by atoms with Gasteiger partial charge in [0.1, 0.15) is 5.60 Å². The summed E-state index contributed by atoms with van der Waals surface area (Å²) >= 11 is 0. The van der Waals surface area contributed by atoms with Crippen LogP contribution in [0.15, 0.2) is 66.7 Å². The van der Waals surface area contributed by atoms with Gasteiger partial charge in [0, 0.05) is 29.9 Å². The highest BCUT2D eigenvalue weighted by molar-refractivity contribution is 6.04. The molecule has 37 heavy (non-hydrogen) atoms. The average Bonchev–Trinajstić information content (AvgIpc) is 3.61. The van der Waals surface area contributed by atoms with Crippen LogP contribution < -0.4 is 10.2 Å². The average molecular weight is 497 g/mol. The number of fused-ring (bicyclic) bond motifs is 1. The third-order valence-corrected chi connectivity index (χ3v) is 6.67. The van der Waals surface area contributed by atoms with Gasteiger partial charge in [-0.15, -0.1) is 0 Å². The molecule has 5 rings (SSSR count). The molecule has 0 unspecified atom stereocenters. The van der Waals surface area contributed by atoms with Crippen LogP contribution in [0.25, 0.3) is 11.1 Å². The van der Waals surface area contributed by atoms with Crippen LogP contribution in [0.1, 0.15) is 55.1 Å². The summed E-state index contributed by atoms with van der Waals surface area (Å²) in [5.74, 6) is 0.628. The summed E-state index contributed by atoms with van der Waals surface area (Å²) in [5.41, 5.74) is 4.96. The Hall–Kier alpha value is -3.93. The molecule has 6 heteroatoms. The summed E-state index contributed by atoms with van der Waals surface area (Å²) < 4.78 is 5.43. The number of hydrogen-bond donors (Lipinski definition) is 1. The fraction of sp³-hybridized carbons (Fsp3) is 0.323. The number of amides is 2. The second-order valence-electron chi connectivity index (χ2n) is 10.9. The standard InChI is InChI=1S/C31H32N2O4/c1-31(2,3)37-30(36)32-26-13-11-22(21-7-5-4-6-8-21)15-24(26)17-28(34)23-12-14-27-25(16-23)18-29(35)33(27)19-20-9-10-20/h4-8,11-16,20H,9-10,17-19H2,1-3H3,(H,32,36). The van der Waals surface area contributed by atoms with Gasteiger partial charge < -0.3 is 9.64 Å². The van der Waals surface area contributed by atoms with E-state index in [9.17, 15) is 14.4 Å². The Morgan fingerprint density at radius 3 is 2.43 bits per heavy atom. The summed E-state index contributed by atoms with van der Waals surface area (Å²) in [7, 11) is 0. The van der Waals surface area contributed by atoms with Crippen LogP contribution in [-0.4, -0.2) is 29.9 Å². The van der Waals surface area contributed by atoms with Gasteiger partial charge in [-0.1, -0.05) is 36.4 Å². The van der Waals surface area contributed by atoms with Crippen molar-refractivity contribution in [2.24, 2.45) is 5.92 Å². The molecule has 190 valence electrons. The van der Waals surface area contributed by atoms with E-state index in [0.717, 1.165) is 28.9 Å². The molecule has 3 aromatic carbocycles. The summed E-state index contributed by atoms with van der Waals surface area (Å²) in [5, 5.41) is 2.82. The molecule has 1 heterocycles. The minimum Gasteiger partial charge on any atom is -0.444 e. The van der Waals surface area contributed by atoms with Crippen molar-refractivity contribution in [1.29, 1.82) is 0 Å². The third-order valence-electron chi connectivity index (χ3n) is 6.67. The van der Waals surface area contributed by atoms with Crippen molar-refractivity contribution in [3.63, 3.8) is 0 Å². The second kappa shape index (κ2) is 9.85. The van der Waals surface area contributed by atoms with Gasteiger partial charge in [-0.05, 0) is 92.1 Å². The van der Waals surface area contributed by atoms with Crippen molar-refractivity contribution in [1.82, 2.24) is 0 Å². The summed E-state index contributed by atoms with van der Waals surface area (Å²) in [6, 6.07) is 21.1. The number of nitrogens with zero attached hydrogens (tertiary/aromatic N) is 1. The van der Waals surface area contributed by atoms with Crippen LogP contribution in [-0.2, 0) is 22.4 Å². The van der Waals surface area contributed by atoms with Crippen molar-refractivity contribution in [3.8, 4) is 11.1 Å². The Morgan fingerprint density at radius 2 is 1.73 bits per heavy atom. The van der Waals surface area contributed by atoms with Crippen molar-refractivity contribution in [2.75, 3.05) is 16.8 Å². The third kappa shape index (κ3) is 5.91. The first-order valence-corrected chi connectivity index (χ1v) is 12.8. The molecule has 1 N–H and O–H groups in total. The zero-order chi connectivity index (χ0) is 26.2. The lowest BCUT2D eigenvalue weighted by atomic mass is 9.96. The van der Waals surface area contributed by atoms with Gasteiger partial charge in [0.05, 0.1) is 6.42 Å². The molecule has 0 atom stereocenters. The second-order valence-corrected chi connectivity index (χ2v) is 10.9. The van der Waals surface area contributed by atoms with Crippen molar-refractivity contribution < 1.29 is 19.1 Å². The minimum atomic E-state index is -0.640. The highest BCUT2D eigenvalue weighted by atomic mass is 16.6. The molecule has 1 saturated carbocycles. The van der Waals surface area contributed by atoms with E-state index in [2.05, 4.69) is 5.32 Å². The molecule has 6 nitrogen and oxygen atoms in total. The van der Waals surface area contributed by atoms with Gasteiger partial charge in [-0.3, -0.25) is 14.9 Å². The zero-order valence-electron chi connectivity index (χ0n) is 21.5. The number of hydrogen-bond acceptors (Lipinski definition) is 4. The van der Waals surface area contributed by atoms with Crippen LogP contribution in [0.4, 0.5) is 16.2 Å². The van der Waals surface area contributed by atoms with E-state index in [1.165, 1.54) is 12.8 Å². The lowest BCUT2D eigenvalue weighted by Gasteiger charge is -2.21. The Morgan fingerprint density at radius 1 is 0.973 bits per heavy atom. The highest BCUT2D eigenvalue weighted by Crippen LogP contribution is 2.36. The molecule has 1 aliphatic heterocycles. The first kappa shape index (κ1) is 24.8. The molecule has 0 spiro atoms. The Labute approximate surface area is 217 Å². The number of benzene rings is 3. The topological polar surface area (TPSA) is 75.7 Å². The van der Waals surface area contributed by atoms with Gasteiger partial charge in [-0.2, -0.15) is 0 Å². The number of ether oxygens (including phenoxy) is 1. The van der Waals surface area contributed by atoms with Gasteiger partial charge in [-0.25, -0.2) is 4.79 Å². The maximum Gasteiger partial charge on any atom is 0.412 e. The van der Waals surface area contributed by atoms with E-state index in [1.807, 2.05) is 71.6 Å². The fourth-order valence-corrected chi connectivity index (χ4v) is 4.68. The predicted octanol–water partition coefficient (Wildman–Crippen LogP) is 6.43. The predicted molar refractivity (Wildman–Crippen MR) is 145 cm³/mol. The number of carbonyl (C=O) groups excluding carboxylic acids is 3. The Kier molecular flexibility index (Phi) is 6.59. The van der Waals surface area contributed by atoms with Crippen LogP contribution in [0.5, 0.6) is 0 Å². The number of anilines is 2. The van der Waals surface area contributed by atoms with Crippen LogP contribution in [0.2, 0.25) is 0 Å². The SMILES string of the molecule is CC(C)(C)OC(=O)Nc1ccc(-c2ccccc2)cc1CC(=O)c1ccc2c(c1)CC(=O)N2CC1CC1. The monoisotopic (exact) mass is 496 g/mol. The number of carbonyl (C=O) groups is 3. The van der Waals surface area contributed by atoms with Gasteiger partial charge >= 0.3 is 6.09 Å². The molecule has 2 amide bonds. The van der Waals surface area contributed by atoms with Crippen LogP contribution >= 0.6 is 0 Å². The molecular weight excluding hydrogens is 464 g/mol. The van der Waals surface area contributed by atoms with Crippen LogP contribution in [0, 0.1) is 5.92 Å². The van der Waals surface area contributed by atoms with E-state index in [4.69, 9.17) is 4.74 Å². The molecule has 2 aliphatic rings. The quantitative estimate of drug-likeness (QED) is 0.383. The van der Waals surface area contributed by atoms with Crippen molar-refractivity contribution in [3.05, 3.63) is 83.4 Å². The van der Waals surface area contributed by atoms with E-state index in [1.54, 1.807) is 20.8 Å². The molecule has 0 bridgehead atoms. The van der Waals surface area contributed by atoms with E-state index >= 15 is 0 Å². The van der Waals surface area contributed by atoms with Crippen LogP contribution in [0.3, 0.4) is 0 Å². The number of nitrogens with one attached hydrogen (secondary N) is 1. The minimum absolute atomic E-state index is 0.0756. The fourth-order valence-electron chi connectivity index (χ4n) is 4.68. The van der Waals surface area contributed by atoms with Gasteiger partial charge in [0.2, 0.25) is 5.91 Å². The van der Waals surface area contributed by atoms with E-state index in [0.29, 0.717) is 29.2 Å². The lowest BCUT2D eigenvalue weighted by Crippen LogP contribution is -2.28. The van der Waals surface area contributed by atoms with Crippen molar-refractivity contribution in [2.45, 2.75) is 52.1 Å². The molecule has 0 aromatic heterocycles. The highest BCUT2D eigenvalue weighted by Gasteiger charge is 2.33. The molecule has 0 saturated heterocycles. The van der Waals surface area contributed by atoms with Gasteiger partial charge in [0.25, 0.3) is 0 Å². The van der Waals surface area contributed by atoms with E-state index < -0.39 is 11.7 Å². The summed E-state index contributed by atoms with van der Waals surface area (Å²) in [6.45, 7) is 6.19. The molecular formula is C31H32N2O4. The molecule has 1 fully saturated rings. The maximum atomic E-state index is 13.4. The van der Waals surface area contributed by atoms with Gasteiger partial charge in [0.15, 0.2) is 5.78 Å². The summed E-state index contributed by atoms with van der Waals surface area (Å²) in [6.07, 6.45) is 2.22. The van der Waals surface area contributed by atoms with Crippen molar-refractivity contribution >= 4 is 29.2 Å². The number of Topliss-reactive ketones (excluding diaryl/α,β-unsaturated/α-hetero) is 1. The molecule has 3 aromatic rings.